The van der Waals surface area contributed by atoms with Gasteiger partial charge >= 0.3 is 6.09 Å². The van der Waals surface area contributed by atoms with Crippen LogP contribution >= 0.6 is 11.9 Å². The first-order valence-electron chi connectivity index (χ1n) is 10.6. The maximum absolute atomic E-state index is 12.4. The van der Waals surface area contributed by atoms with Gasteiger partial charge in [0.05, 0.1) is 13.2 Å². The van der Waals surface area contributed by atoms with E-state index in [0.717, 1.165) is 22.3 Å². The molecular weight excluding hydrogens is 446 g/mol. The Balaban J connectivity index is 1.93. The summed E-state index contributed by atoms with van der Waals surface area (Å²) >= 11 is 1.23. The van der Waals surface area contributed by atoms with Crippen molar-refractivity contribution in [2.75, 3.05) is 38.7 Å². The van der Waals surface area contributed by atoms with Crippen molar-refractivity contribution in [3.05, 3.63) is 58.7 Å². The van der Waals surface area contributed by atoms with Crippen LogP contribution in [-0.4, -0.2) is 66.8 Å². The van der Waals surface area contributed by atoms with Crippen molar-refractivity contribution in [3.63, 3.8) is 0 Å². The number of hydrogen-bond donors (Lipinski definition) is 5. The number of fused-ring (bicyclic) bond motifs is 3. The Morgan fingerprint density at radius 1 is 0.909 bits per heavy atom. The van der Waals surface area contributed by atoms with E-state index in [1.807, 2.05) is 19.1 Å². The summed E-state index contributed by atoms with van der Waals surface area (Å²) in [5.74, 6) is -0.307. The number of aliphatic hydroxyl groups is 2. The Morgan fingerprint density at radius 2 is 1.42 bits per heavy atom. The van der Waals surface area contributed by atoms with E-state index in [1.54, 1.807) is 24.3 Å². The summed E-state index contributed by atoms with van der Waals surface area (Å²) in [7, 11) is 0. The summed E-state index contributed by atoms with van der Waals surface area (Å²) in [5, 5.41) is 23.2. The highest BCUT2D eigenvalue weighted by Crippen LogP contribution is 2.45. The van der Waals surface area contributed by atoms with Crippen LogP contribution < -0.4 is 15.4 Å². The second kappa shape index (κ2) is 11.7. The van der Waals surface area contributed by atoms with Gasteiger partial charge in [-0.15, -0.1) is 0 Å². The SMILES string of the molecule is CCSNC(=O)OCC1c2cc(C(=O)NCCO)ccc2-c2ccc(C(=O)NCCO)cc21. The molecule has 0 aliphatic heterocycles. The highest BCUT2D eigenvalue weighted by Gasteiger charge is 2.31. The first-order chi connectivity index (χ1) is 16.0. The molecule has 9 nitrogen and oxygen atoms in total. The molecule has 0 fully saturated rings. The number of carbonyl (C=O) groups is 3. The zero-order valence-electron chi connectivity index (χ0n) is 18.2. The Morgan fingerprint density at radius 3 is 1.88 bits per heavy atom. The summed E-state index contributed by atoms with van der Waals surface area (Å²) < 4.78 is 8.02. The van der Waals surface area contributed by atoms with Crippen LogP contribution in [0.1, 0.15) is 44.7 Å². The van der Waals surface area contributed by atoms with Gasteiger partial charge in [0.2, 0.25) is 0 Å². The van der Waals surface area contributed by atoms with E-state index in [1.165, 1.54) is 11.9 Å². The van der Waals surface area contributed by atoms with E-state index in [4.69, 9.17) is 14.9 Å². The third-order valence-corrected chi connectivity index (χ3v) is 5.74. The number of carbonyl (C=O) groups excluding carboxylic acids is 3. The molecule has 3 rings (SSSR count). The summed E-state index contributed by atoms with van der Waals surface area (Å²) in [4.78, 5) is 36.9. The van der Waals surface area contributed by atoms with Gasteiger partial charge in [0.15, 0.2) is 0 Å². The molecule has 1 aliphatic carbocycles. The Hall–Kier alpha value is -3.08. The molecule has 0 saturated heterocycles. The molecule has 1 aliphatic rings. The molecule has 0 spiro atoms. The third kappa shape index (κ3) is 5.84. The molecule has 10 heteroatoms. The van der Waals surface area contributed by atoms with Gasteiger partial charge in [-0.05, 0) is 58.5 Å². The highest BCUT2D eigenvalue weighted by molar-refractivity contribution is 7.97. The zero-order valence-corrected chi connectivity index (χ0v) is 19.0. The Kier molecular flexibility index (Phi) is 8.70. The van der Waals surface area contributed by atoms with E-state index in [2.05, 4.69) is 15.4 Å². The van der Waals surface area contributed by atoms with Crippen molar-refractivity contribution in [1.29, 1.82) is 0 Å². The zero-order chi connectivity index (χ0) is 23.8. The van der Waals surface area contributed by atoms with Crippen molar-refractivity contribution in [3.8, 4) is 11.1 Å². The highest BCUT2D eigenvalue weighted by atomic mass is 32.2. The van der Waals surface area contributed by atoms with Gasteiger partial charge in [-0.25, -0.2) is 4.79 Å². The second-order valence-corrected chi connectivity index (χ2v) is 8.32. The molecule has 0 unspecified atom stereocenters. The van der Waals surface area contributed by atoms with Gasteiger partial charge in [-0.2, -0.15) is 0 Å². The van der Waals surface area contributed by atoms with Crippen LogP contribution in [0.25, 0.3) is 11.1 Å². The molecule has 0 atom stereocenters. The van der Waals surface area contributed by atoms with Crippen molar-refractivity contribution in [2.45, 2.75) is 12.8 Å². The summed E-state index contributed by atoms with van der Waals surface area (Å²) in [5.41, 5.74) is 4.25. The lowest BCUT2D eigenvalue weighted by atomic mass is 9.95. The summed E-state index contributed by atoms with van der Waals surface area (Å²) in [6.45, 7) is 1.89. The van der Waals surface area contributed by atoms with E-state index < -0.39 is 6.09 Å². The molecule has 0 saturated carbocycles. The molecule has 176 valence electrons. The number of rotatable bonds is 10. The number of ether oxygens (including phenoxy) is 1. The number of aliphatic hydroxyl groups excluding tert-OH is 2. The molecule has 2 aromatic rings. The van der Waals surface area contributed by atoms with E-state index in [9.17, 15) is 14.4 Å². The van der Waals surface area contributed by atoms with Gasteiger partial charge in [0.25, 0.3) is 11.8 Å². The summed E-state index contributed by atoms with van der Waals surface area (Å²) in [6, 6.07) is 10.6. The molecule has 0 aromatic heterocycles. The van der Waals surface area contributed by atoms with Crippen molar-refractivity contribution < 1.29 is 29.3 Å². The van der Waals surface area contributed by atoms with Crippen LogP contribution in [0.3, 0.4) is 0 Å². The minimum atomic E-state index is -0.564. The van der Waals surface area contributed by atoms with E-state index >= 15 is 0 Å². The molecule has 2 aromatic carbocycles. The number of nitrogens with one attached hydrogen (secondary N) is 3. The quantitative estimate of drug-likeness (QED) is 0.331. The molecule has 0 heterocycles. The molecule has 5 N–H and O–H groups in total. The minimum absolute atomic E-state index is 0.0273. The molecule has 3 amide bonds. The van der Waals surface area contributed by atoms with Crippen LogP contribution in [-0.2, 0) is 4.74 Å². The normalized spacial score (nSPS) is 12.0. The van der Waals surface area contributed by atoms with Gasteiger partial charge in [-0.1, -0.05) is 19.1 Å². The van der Waals surface area contributed by atoms with Crippen molar-refractivity contribution in [1.82, 2.24) is 15.4 Å². The Labute approximate surface area is 196 Å². The van der Waals surface area contributed by atoms with Crippen LogP contribution in [0.4, 0.5) is 4.79 Å². The first-order valence-corrected chi connectivity index (χ1v) is 11.6. The maximum atomic E-state index is 12.4. The topological polar surface area (TPSA) is 137 Å². The van der Waals surface area contributed by atoms with Crippen molar-refractivity contribution >= 4 is 29.9 Å². The number of hydrogen-bond acceptors (Lipinski definition) is 7. The van der Waals surface area contributed by atoms with Crippen LogP contribution in [0.5, 0.6) is 0 Å². The maximum Gasteiger partial charge on any atom is 0.417 e. The van der Waals surface area contributed by atoms with Crippen LogP contribution in [0, 0.1) is 0 Å². The van der Waals surface area contributed by atoms with Crippen LogP contribution in [0.15, 0.2) is 36.4 Å². The van der Waals surface area contributed by atoms with Crippen molar-refractivity contribution in [2.24, 2.45) is 0 Å². The van der Waals surface area contributed by atoms with E-state index in [0.29, 0.717) is 16.9 Å². The smallest absolute Gasteiger partial charge is 0.417 e. The second-order valence-electron chi connectivity index (χ2n) is 7.25. The molecule has 0 radical (unpaired) electrons. The lowest BCUT2D eigenvalue weighted by Crippen LogP contribution is -2.26. The van der Waals surface area contributed by atoms with Gasteiger partial charge in [-0.3, -0.25) is 14.3 Å². The molecular formula is C23H27N3O6S. The summed E-state index contributed by atoms with van der Waals surface area (Å²) in [6.07, 6.45) is -0.564. The predicted molar refractivity (Wildman–Crippen MR) is 125 cm³/mol. The lowest BCUT2D eigenvalue weighted by molar-refractivity contribution is 0.0937. The lowest BCUT2D eigenvalue weighted by Gasteiger charge is -2.16. The molecule has 0 bridgehead atoms. The number of benzene rings is 2. The number of amides is 3. The predicted octanol–water partition coefficient (Wildman–Crippen LogP) is 1.64. The fourth-order valence-electron chi connectivity index (χ4n) is 3.68. The van der Waals surface area contributed by atoms with Gasteiger partial charge in [0, 0.05) is 35.9 Å². The van der Waals surface area contributed by atoms with E-state index in [-0.39, 0.29) is 50.6 Å². The fraction of sp³-hybridized carbons (Fsp3) is 0.348. The average molecular weight is 474 g/mol. The van der Waals surface area contributed by atoms with Crippen LogP contribution in [0.2, 0.25) is 0 Å². The van der Waals surface area contributed by atoms with Gasteiger partial charge < -0.3 is 25.6 Å². The first kappa shape index (κ1) is 24.6. The monoisotopic (exact) mass is 473 g/mol. The standard InChI is InChI=1S/C23H27N3O6S/c1-2-33-26-23(31)32-13-20-18-11-14(21(29)24-7-9-27)3-5-16(18)17-6-4-15(12-19(17)20)22(30)25-8-10-28/h3-6,11-12,20,27-28H,2,7-10,13H2,1H3,(H,24,29)(H,25,30)(H,26,31). The third-order valence-electron chi connectivity index (χ3n) is 5.14. The minimum Gasteiger partial charge on any atom is -0.448 e. The largest absolute Gasteiger partial charge is 0.448 e. The molecule has 33 heavy (non-hydrogen) atoms. The Bertz CT molecular complexity index is 960. The average Bonchev–Trinajstić information content (AvgIpc) is 3.15. The van der Waals surface area contributed by atoms with Gasteiger partial charge in [0.1, 0.15) is 6.61 Å². The fourth-order valence-corrected chi connectivity index (χ4v) is 4.01.